The van der Waals surface area contributed by atoms with Gasteiger partial charge in [-0.2, -0.15) is 0 Å². The van der Waals surface area contributed by atoms with Gasteiger partial charge in [0.25, 0.3) is 5.91 Å². The SMILES string of the molecule is O=C(O)C1CCCCCN1C(=O)c1ccc2c(c1)OCO2. The molecule has 1 fully saturated rings. The van der Waals surface area contributed by atoms with E-state index in [4.69, 9.17) is 9.47 Å². The molecule has 1 saturated heterocycles. The Morgan fingerprint density at radius 3 is 2.76 bits per heavy atom. The largest absolute Gasteiger partial charge is 0.480 e. The summed E-state index contributed by atoms with van der Waals surface area (Å²) in [6.45, 7) is 0.624. The zero-order chi connectivity index (χ0) is 14.8. The van der Waals surface area contributed by atoms with Crippen molar-refractivity contribution in [2.45, 2.75) is 31.7 Å². The number of rotatable bonds is 2. The summed E-state index contributed by atoms with van der Waals surface area (Å²) in [5.41, 5.74) is 0.437. The molecule has 3 rings (SSSR count). The second-order valence-electron chi connectivity index (χ2n) is 5.27. The van der Waals surface area contributed by atoms with Crippen molar-refractivity contribution in [1.29, 1.82) is 0 Å². The van der Waals surface area contributed by atoms with Gasteiger partial charge in [0.05, 0.1) is 0 Å². The Morgan fingerprint density at radius 2 is 1.95 bits per heavy atom. The van der Waals surface area contributed by atoms with Crippen molar-refractivity contribution in [2.75, 3.05) is 13.3 Å². The fourth-order valence-corrected chi connectivity index (χ4v) is 2.80. The van der Waals surface area contributed by atoms with Gasteiger partial charge in [-0.25, -0.2) is 4.79 Å². The number of hydrogen-bond acceptors (Lipinski definition) is 4. The summed E-state index contributed by atoms with van der Waals surface area (Å²) in [4.78, 5) is 25.5. The number of carboxylic acid groups (broad SMARTS) is 1. The molecule has 2 heterocycles. The van der Waals surface area contributed by atoms with Crippen molar-refractivity contribution in [3.05, 3.63) is 23.8 Å². The maximum atomic E-state index is 12.6. The third-order valence-electron chi connectivity index (χ3n) is 3.92. The number of likely N-dealkylation sites (tertiary alicyclic amines) is 1. The highest BCUT2D eigenvalue weighted by Gasteiger charge is 2.31. The van der Waals surface area contributed by atoms with E-state index in [0.29, 0.717) is 30.0 Å². The fourth-order valence-electron chi connectivity index (χ4n) is 2.80. The molecule has 0 saturated carbocycles. The van der Waals surface area contributed by atoms with E-state index in [9.17, 15) is 14.7 Å². The maximum absolute atomic E-state index is 12.6. The van der Waals surface area contributed by atoms with Gasteiger partial charge in [-0.1, -0.05) is 12.8 Å². The molecule has 6 nitrogen and oxygen atoms in total. The Bertz CT molecular complexity index is 571. The third-order valence-corrected chi connectivity index (χ3v) is 3.92. The Balaban J connectivity index is 1.86. The van der Waals surface area contributed by atoms with Crippen molar-refractivity contribution in [2.24, 2.45) is 0 Å². The lowest BCUT2D eigenvalue weighted by Crippen LogP contribution is -2.44. The van der Waals surface area contributed by atoms with E-state index in [2.05, 4.69) is 0 Å². The first kappa shape index (κ1) is 13.7. The van der Waals surface area contributed by atoms with E-state index in [1.165, 1.54) is 4.90 Å². The monoisotopic (exact) mass is 291 g/mol. The van der Waals surface area contributed by atoms with Gasteiger partial charge in [-0.15, -0.1) is 0 Å². The molecule has 1 aromatic carbocycles. The molecular weight excluding hydrogens is 274 g/mol. The predicted octanol–water partition coefficient (Wildman–Crippen LogP) is 1.88. The van der Waals surface area contributed by atoms with Crippen LogP contribution >= 0.6 is 0 Å². The van der Waals surface area contributed by atoms with Crippen LogP contribution in [0.1, 0.15) is 36.0 Å². The molecule has 21 heavy (non-hydrogen) atoms. The van der Waals surface area contributed by atoms with Crippen molar-refractivity contribution in [1.82, 2.24) is 4.90 Å². The molecule has 0 aromatic heterocycles. The van der Waals surface area contributed by atoms with Gasteiger partial charge in [0.2, 0.25) is 6.79 Å². The number of nitrogens with zero attached hydrogens (tertiary/aromatic N) is 1. The number of aliphatic carboxylic acids is 1. The molecule has 0 aliphatic carbocycles. The van der Waals surface area contributed by atoms with Crippen LogP contribution in [-0.2, 0) is 4.79 Å². The minimum absolute atomic E-state index is 0.147. The average molecular weight is 291 g/mol. The van der Waals surface area contributed by atoms with Gasteiger partial charge < -0.3 is 19.5 Å². The lowest BCUT2D eigenvalue weighted by atomic mass is 10.1. The summed E-state index contributed by atoms with van der Waals surface area (Å²) in [5.74, 6) is -0.0617. The van der Waals surface area contributed by atoms with Crippen molar-refractivity contribution in [3.8, 4) is 11.5 Å². The predicted molar refractivity (Wildman–Crippen MR) is 73.5 cm³/mol. The first-order valence-electron chi connectivity index (χ1n) is 7.10. The Kier molecular flexibility index (Phi) is 3.68. The molecule has 1 atom stereocenters. The smallest absolute Gasteiger partial charge is 0.326 e. The number of hydrogen-bond donors (Lipinski definition) is 1. The van der Waals surface area contributed by atoms with Gasteiger partial charge >= 0.3 is 5.97 Å². The molecule has 1 aromatic rings. The molecular formula is C15H17NO5. The zero-order valence-electron chi connectivity index (χ0n) is 11.6. The van der Waals surface area contributed by atoms with Crippen LogP contribution in [0.5, 0.6) is 11.5 Å². The Morgan fingerprint density at radius 1 is 1.14 bits per heavy atom. The standard InChI is InChI=1S/C15H17NO5/c17-14(10-5-6-12-13(8-10)21-9-20-12)16-7-3-1-2-4-11(16)15(18)19/h5-6,8,11H,1-4,7,9H2,(H,18,19). The summed E-state index contributed by atoms with van der Waals surface area (Å²) in [5, 5.41) is 9.35. The highest BCUT2D eigenvalue weighted by atomic mass is 16.7. The Labute approximate surface area is 122 Å². The molecule has 0 radical (unpaired) electrons. The highest BCUT2D eigenvalue weighted by Crippen LogP contribution is 2.33. The van der Waals surface area contributed by atoms with Gasteiger partial charge in [0.15, 0.2) is 11.5 Å². The van der Waals surface area contributed by atoms with E-state index in [0.717, 1.165) is 19.3 Å². The van der Waals surface area contributed by atoms with E-state index in [1.807, 2.05) is 0 Å². The van der Waals surface area contributed by atoms with Crippen LogP contribution in [-0.4, -0.2) is 41.3 Å². The molecule has 0 spiro atoms. The zero-order valence-corrected chi connectivity index (χ0v) is 11.6. The van der Waals surface area contributed by atoms with Crippen LogP contribution in [0.25, 0.3) is 0 Å². The number of carbonyl (C=O) groups is 2. The second-order valence-corrected chi connectivity index (χ2v) is 5.27. The minimum Gasteiger partial charge on any atom is -0.480 e. The van der Waals surface area contributed by atoms with Crippen molar-refractivity contribution in [3.63, 3.8) is 0 Å². The van der Waals surface area contributed by atoms with Crippen molar-refractivity contribution < 1.29 is 24.2 Å². The summed E-state index contributed by atoms with van der Waals surface area (Å²) in [7, 11) is 0. The summed E-state index contributed by atoms with van der Waals surface area (Å²) in [6, 6.07) is 4.21. The number of benzene rings is 1. The average Bonchev–Trinajstić information content (AvgIpc) is 2.80. The van der Waals surface area contributed by atoms with Crippen LogP contribution in [0, 0.1) is 0 Å². The molecule has 112 valence electrons. The topological polar surface area (TPSA) is 76.1 Å². The first-order chi connectivity index (χ1) is 10.2. The van der Waals surface area contributed by atoms with E-state index < -0.39 is 12.0 Å². The normalized spacial score (nSPS) is 21.0. The summed E-state index contributed by atoms with van der Waals surface area (Å²) < 4.78 is 10.5. The molecule has 6 heteroatoms. The number of carbonyl (C=O) groups excluding carboxylic acids is 1. The molecule has 2 aliphatic heterocycles. The molecule has 1 amide bonds. The summed E-state index contributed by atoms with van der Waals surface area (Å²) in [6.07, 6.45) is 3.13. The van der Waals surface area contributed by atoms with Crippen LogP contribution in [0.15, 0.2) is 18.2 Å². The van der Waals surface area contributed by atoms with Gasteiger partial charge in [0.1, 0.15) is 6.04 Å². The van der Waals surface area contributed by atoms with Crippen LogP contribution in [0.4, 0.5) is 0 Å². The molecule has 1 N–H and O–H groups in total. The number of ether oxygens (including phenoxy) is 2. The molecule has 0 bridgehead atoms. The third kappa shape index (κ3) is 2.66. The first-order valence-corrected chi connectivity index (χ1v) is 7.10. The van der Waals surface area contributed by atoms with Crippen LogP contribution in [0.2, 0.25) is 0 Å². The Hall–Kier alpha value is -2.24. The van der Waals surface area contributed by atoms with E-state index in [-0.39, 0.29) is 12.7 Å². The van der Waals surface area contributed by atoms with Gasteiger partial charge in [0, 0.05) is 12.1 Å². The highest BCUT2D eigenvalue weighted by molar-refractivity contribution is 5.97. The van der Waals surface area contributed by atoms with E-state index in [1.54, 1.807) is 18.2 Å². The quantitative estimate of drug-likeness (QED) is 0.900. The van der Waals surface area contributed by atoms with Crippen molar-refractivity contribution >= 4 is 11.9 Å². The number of carboxylic acids is 1. The minimum atomic E-state index is -0.939. The lowest BCUT2D eigenvalue weighted by Gasteiger charge is -2.27. The second kappa shape index (κ2) is 5.63. The number of amides is 1. The fraction of sp³-hybridized carbons (Fsp3) is 0.467. The summed E-state index contributed by atoms with van der Waals surface area (Å²) >= 11 is 0. The van der Waals surface area contributed by atoms with Crippen LogP contribution < -0.4 is 9.47 Å². The molecule has 2 aliphatic rings. The van der Waals surface area contributed by atoms with Crippen LogP contribution in [0.3, 0.4) is 0 Å². The van der Waals surface area contributed by atoms with E-state index >= 15 is 0 Å². The van der Waals surface area contributed by atoms with Gasteiger partial charge in [-0.05, 0) is 31.0 Å². The maximum Gasteiger partial charge on any atom is 0.326 e. The number of fused-ring (bicyclic) bond motifs is 1. The van der Waals surface area contributed by atoms with Gasteiger partial charge in [-0.3, -0.25) is 4.79 Å². The lowest BCUT2D eigenvalue weighted by molar-refractivity contribution is -0.142. The molecule has 1 unspecified atom stereocenters.